The Morgan fingerprint density at radius 1 is 0.464 bits per heavy atom. The van der Waals surface area contributed by atoms with Crippen LogP contribution in [0.1, 0.15) is 12.8 Å². The van der Waals surface area contributed by atoms with Crippen LogP contribution < -0.4 is 31.9 Å². The number of nitrogens with one attached hydrogen (secondary N) is 6. The first-order valence-electron chi connectivity index (χ1n) is 8.53. The van der Waals surface area contributed by atoms with Gasteiger partial charge in [0.05, 0.1) is 39.3 Å². The number of amides is 5. The molecule has 0 aromatic rings. The van der Waals surface area contributed by atoms with Gasteiger partial charge < -0.3 is 31.9 Å². The Labute approximate surface area is 161 Å². The summed E-state index contributed by atoms with van der Waals surface area (Å²) >= 11 is 0. The number of carbonyl (C=O) groups excluding carboxylic acids is 6. The summed E-state index contributed by atoms with van der Waals surface area (Å²) in [6.45, 7) is 2.28. The van der Waals surface area contributed by atoms with E-state index < -0.39 is 29.5 Å². The molecule has 0 aromatic carbocycles. The average molecular weight is 396 g/mol. The zero-order chi connectivity index (χ0) is 20.9. The highest BCUT2D eigenvalue weighted by Crippen LogP contribution is 1.91. The van der Waals surface area contributed by atoms with Gasteiger partial charge in [-0.05, 0) is 0 Å². The molecule has 5 amide bonds. The van der Waals surface area contributed by atoms with Crippen LogP contribution in [-0.4, -0.2) is 74.6 Å². The Bertz CT molecular complexity index is 463. The molecule has 1 aliphatic heterocycles. The van der Waals surface area contributed by atoms with E-state index in [0.717, 1.165) is 0 Å². The highest BCUT2D eigenvalue weighted by Gasteiger charge is 2.12. The standard InChI is InChI=1S/C16H24N6O6/c1-10-4-18-14(26)8-21-16(28)9-22-15(27)7-20-12(24)3-2-11(23)5-19-13(25)6-17-10/h17H,1-9H2,(H,18,26)(H,19,25)(H,20,24)(H,21,28)(H,22,27). The number of rotatable bonds is 0. The molecule has 0 saturated carbocycles. The van der Waals surface area contributed by atoms with Crippen molar-refractivity contribution in [1.29, 1.82) is 0 Å². The highest BCUT2D eigenvalue weighted by atomic mass is 16.2. The topological polar surface area (TPSA) is 175 Å². The van der Waals surface area contributed by atoms with Gasteiger partial charge in [-0.2, -0.15) is 0 Å². The Balaban J connectivity index is 2.59. The molecule has 0 bridgehead atoms. The zero-order valence-electron chi connectivity index (χ0n) is 15.3. The third kappa shape index (κ3) is 10.5. The number of hydrogen-bond donors (Lipinski definition) is 6. The second-order valence-electron chi connectivity index (χ2n) is 5.88. The summed E-state index contributed by atoms with van der Waals surface area (Å²) in [7, 11) is 0. The van der Waals surface area contributed by atoms with E-state index in [9.17, 15) is 28.8 Å². The van der Waals surface area contributed by atoms with Crippen molar-refractivity contribution in [2.75, 3.05) is 39.3 Å². The van der Waals surface area contributed by atoms with Crippen LogP contribution >= 0.6 is 0 Å². The molecule has 6 N–H and O–H groups in total. The molecule has 12 nitrogen and oxygen atoms in total. The van der Waals surface area contributed by atoms with Crippen LogP contribution in [0, 0.1) is 0 Å². The molecule has 1 heterocycles. The normalized spacial score (nSPS) is 19.8. The van der Waals surface area contributed by atoms with Crippen molar-refractivity contribution in [3.8, 4) is 0 Å². The minimum Gasteiger partial charge on any atom is -0.379 e. The molecule has 0 atom stereocenters. The van der Waals surface area contributed by atoms with Crippen molar-refractivity contribution >= 4 is 35.3 Å². The third-order valence-electron chi connectivity index (χ3n) is 3.45. The minimum atomic E-state index is -0.597. The Hall–Kier alpha value is -3.44. The quantitative estimate of drug-likeness (QED) is 0.242. The fourth-order valence-corrected chi connectivity index (χ4v) is 1.89. The Morgan fingerprint density at radius 2 is 0.857 bits per heavy atom. The van der Waals surface area contributed by atoms with E-state index in [1.807, 2.05) is 0 Å². The number of Topliss-reactive ketones (excluding diaryl/α,β-unsaturated/α-hetero) is 1. The summed E-state index contributed by atoms with van der Waals surface area (Å²) in [6, 6.07) is 0. The van der Waals surface area contributed by atoms with Crippen LogP contribution in [0.5, 0.6) is 0 Å². The SMILES string of the molecule is C=C1CNC(=O)CNC(=O)CNC(=O)CNC(=O)CCC(=O)CNC(=O)CN1. The van der Waals surface area contributed by atoms with Gasteiger partial charge >= 0.3 is 0 Å². The van der Waals surface area contributed by atoms with Gasteiger partial charge in [-0.15, -0.1) is 0 Å². The van der Waals surface area contributed by atoms with E-state index in [0.29, 0.717) is 5.70 Å². The maximum atomic E-state index is 11.7. The van der Waals surface area contributed by atoms with Crippen LogP contribution in [0.15, 0.2) is 12.3 Å². The second kappa shape index (κ2) is 12.0. The molecule has 0 aromatic heterocycles. The van der Waals surface area contributed by atoms with E-state index in [-0.39, 0.29) is 57.9 Å². The Morgan fingerprint density at radius 3 is 1.39 bits per heavy atom. The van der Waals surface area contributed by atoms with Gasteiger partial charge in [-0.25, -0.2) is 0 Å². The van der Waals surface area contributed by atoms with Crippen molar-refractivity contribution in [3.63, 3.8) is 0 Å². The molecule has 28 heavy (non-hydrogen) atoms. The van der Waals surface area contributed by atoms with Gasteiger partial charge in [0.1, 0.15) is 0 Å². The van der Waals surface area contributed by atoms with Crippen LogP contribution in [0.4, 0.5) is 0 Å². The van der Waals surface area contributed by atoms with Crippen molar-refractivity contribution in [2.45, 2.75) is 12.8 Å². The lowest BCUT2D eigenvalue weighted by Crippen LogP contribution is -2.44. The molecule has 1 rings (SSSR count). The monoisotopic (exact) mass is 396 g/mol. The fraction of sp³-hybridized carbons (Fsp3) is 0.500. The zero-order valence-corrected chi connectivity index (χ0v) is 15.3. The van der Waals surface area contributed by atoms with Gasteiger partial charge in [0, 0.05) is 18.5 Å². The lowest BCUT2D eigenvalue weighted by molar-refractivity contribution is -0.129. The van der Waals surface area contributed by atoms with E-state index in [1.54, 1.807) is 0 Å². The van der Waals surface area contributed by atoms with E-state index in [1.165, 1.54) is 0 Å². The molecule has 1 fully saturated rings. The van der Waals surface area contributed by atoms with Crippen molar-refractivity contribution in [1.82, 2.24) is 31.9 Å². The highest BCUT2D eigenvalue weighted by molar-refractivity contribution is 5.92. The van der Waals surface area contributed by atoms with Crippen molar-refractivity contribution < 1.29 is 28.8 Å². The molecule has 0 radical (unpaired) electrons. The largest absolute Gasteiger partial charge is 0.379 e. The summed E-state index contributed by atoms with van der Waals surface area (Å²) in [6.07, 6.45) is -0.229. The van der Waals surface area contributed by atoms with E-state index in [4.69, 9.17) is 0 Å². The van der Waals surface area contributed by atoms with Gasteiger partial charge in [-0.3, -0.25) is 28.8 Å². The average Bonchev–Trinajstić information content (AvgIpc) is 2.67. The van der Waals surface area contributed by atoms with Gasteiger partial charge in [0.25, 0.3) is 0 Å². The lowest BCUT2D eigenvalue weighted by Gasteiger charge is -2.11. The lowest BCUT2D eigenvalue weighted by atomic mass is 10.2. The van der Waals surface area contributed by atoms with E-state index in [2.05, 4.69) is 38.5 Å². The predicted molar refractivity (Wildman–Crippen MR) is 96.4 cm³/mol. The number of ketones is 1. The Kier molecular flexibility index (Phi) is 9.72. The summed E-state index contributed by atoms with van der Waals surface area (Å²) in [5, 5.41) is 14.5. The number of carbonyl (C=O) groups is 6. The maximum absolute atomic E-state index is 11.7. The summed E-state index contributed by atoms with van der Waals surface area (Å²) < 4.78 is 0. The first-order valence-corrected chi connectivity index (χ1v) is 8.53. The smallest absolute Gasteiger partial charge is 0.239 e. The predicted octanol–water partition coefficient (Wildman–Crippen LogP) is -3.97. The van der Waals surface area contributed by atoms with Crippen molar-refractivity contribution in [2.24, 2.45) is 0 Å². The van der Waals surface area contributed by atoms with Gasteiger partial charge in [-0.1, -0.05) is 6.58 Å². The first-order chi connectivity index (χ1) is 13.3. The van der Waals surface area contributed by atoms with Crippen LogP contribution in [0.3, 0.4) is 0 Å². The fourth-order valence-electron chi connectivity index (χ4n) is 1.89. The molecular formula is C16H24N6O6. The molecule has 0 aliphatic carbocycles. The second-order valence-corrected chi connectivity index (χ2v) is 5.88. The maximum Gasteiger partial charge on any atom is 0.239 e. The molecule has 12 heteroatoms. The van der Waals surface area contributed by atoms with Crippen molar-refractivity contribution in [3.05, 3.63) is 12.3 Å². The first kappa shape index (κ1) is 22.6. The molecule has 154 valence electrons. The molecule has 0 spiro atoms. The molecular weight excluding hydrogens is 372 g/mol. The molecule has 0 unspecified atom stereocenters. The number of hydrogen-bond acceptors (Lipinski definition) is 7. The molecule has 1 aliphatic rings. The van der Waals surface area contributed by atoms with Crippen LogP contribution in [0.25, 0.3) is 0 Å². The van der Waals surface area contributed by atoms with Crippen LogP contribution in [0.2, 0.25) is 0 Å². The minimum absolute atomic E-state index is 0.0332. The van der Waals surface area contributed by atoms with Gasteiger partial charge in [0.15, 0.2) is 5.78 Å². The molecule has 1 saturated heterocycles. The summed E-state index contributed by atoms with van der Waals surface area (Å²) in [4.78, 5) is 69.8. The van der Waals surface area contributed by atoms with Crippen LogP contribution in [-0.2, 0) is 28.8 Å². The summed E-state index contributed by atoms with van der Waals surface area (Å²) in [5.74, 6) is -2.99. The summed E-state index contributed by atoms with van der Waals surface area (Å²) in [5.41, 5.74) is 0.357. The van der Waals surface area contributed by atoms with Gasteiger partial charge in [0.2, 0.25) is 29.5 Å². The third-order valence-corrected chi connectivity index (χ3v) is 3.45. The van der Waals surface area contributed by atoms with E-state index >= 15 is 0 Å².